The lowest BCUT2D eigenvalue weighted by atomic mass is 9.80. The summed E-state index contributed by atoms with van der Waals surface area (Å²) in [6.45, 7) is 4.95. The Morgan fingerprint density at radius 1 is 1.25 bits per heavy atom. The number of benzene rings is 2. The van der Waals surface area contributed by atoms with Crippen molar-refractivity contribution < 1.29 is 14.7 Å². The molecule has 2 aromatic carbocycles. The van der Waals surface area contributed by atoms with E-state index >= 15 is 0 Å². The van der Waals surface area contributed by atoms with Crippen LogP contribution in [-0.4, -0.2) is 41.6 Å². The Labute approximate surface area is 189 Å². The number of ether oxygens (including phenoxy) is 2. The summed E-state index contributed by atoms with van der Waals surface area (Å²) in [5.74, 6) is 1.20. The van der Waals surface area contributed by atoms with Crippen molar-refractivity contribution in [3.63, 3.8) is 0 Å². The van der Waals surface area contributed by atoms with E-state index in [-0.39, 0.29) is 23.7 Å². The van der Waals surface area contributed by atoms with Crippen LogP contribution in [0.2, 0.25) is 0 Å². The van der Waals surface area contributed by atoms with Crippen LogP contribution >= 0.6 is 0 Å². The molecule has 3 unspecified atom stereocenters. The number of nitrogens with zero attached hydrogens (tertiary/aromatic N) is 3. The van der Waals surface area contributed by atoms with Crippen molar-refractivity contribution in [2.75, 3.05) is 13.7 Å². The molecule has 2 aromatic rings. The van der Waals surface area contributed by atoms with Crippen molar-refractivity contribution in [1.29, 1.82) is 5.26 Å². The van der Waals surface area contributed by atoms with Gasteiger partial charge in [-0.25, -0.2) is 10.1 Å². The Bertz CT molecular complexity index is 1060. The number of guanidine groups is 1. The Kier molecular flexibility index (Phi) is 6.09. The second-order valence-electron chi connectivity index (χ2n) is 9.22. The number of fused-ring (bicyclic) bond motifs is 1. The summed E-state index contributed by atoms with van der Waals surface area (Å²) in [4.78, 5) is 4.63. The molecule has 0 radical (unpaired) electrons. The predicted molar refractivity (Wildman–Crippen MR) is 122 cm³/mol. The third-order valence-electron chi connectivity index (χ3n) is 6.31. The smallest absolute Gasteiger partial charge is 0.215 e. The first-order valence-corrected chi connectivity index (χ1v) is 11.0. The van der Waals surface area contributed by atoms with E-state index in [1.54, 1.807) is 6.07 Å². The number of nitrogens with two attached hydrogens (primary N) is 1. The molecule has 1 saturated heterocycles. The fourth-order valence-corrected chi connectivity index (χ4v) is 4.67. The molecule has 2 heterocycles. The molecule has 0 aliphatic carbocycles. The lowest BCUT2D eigenvalue weighted by molar-refractivity contribution is -0.0944. The van der Waals surface area contributed by atoms with Crippen molar-refractivity contribution >= 4 is 5.96 Å². The molecular formula is C25H30N4O3. The van der Waals surface area contributed by atoms with Gasteiger partial charge in [0, 0.05) is 31.6 Å². The highest BCUT2D eigenvalue weighted by Crippen LogP contribution is 2.44. The summed E-state index contributed by atoms with van der Waals surface area (Å²) in [6, 6.07) is 15.5. The molecule has 7 nitrogen and oxygen atoms in total. The summed E-state index contributed by atoms with van der Waals surface area (Å²) in [5, 5.41) is 19.9. The molecule has 2 aliphatic heterocycles. The van der Waals surface area contributed by atoms with Gasteiger partial charge in [0.2, 0.25) is 5.96 Å². The molecule has 1 fully saturated rings. The van der Waals surface area contributed by atoms with E-state index in [4.69, 9.17) is 15.2 Å². The first-order chi connectivity index (χ1) is 15.3. The van der Waals surface area contributed by atoms with E-state index < -0.39 is 0 Å². The second-order valence-corrected chi connectivity index (χ2v) is 9.22. The molecule has 2 aliphatic rings. The lowest BCUT2D eigenvalue weighted by Gasteiger charge is -2.42. The molecule has 168 valence electrons. The van der Waals surface area contributed by atoms with Crippen LogP contribution in [0.15, 0.2) is 47.5 Å². The van der Waals surface area contributed by atoms with Crippen molar-refractivity contribution in [2.24, 2.45) is 16.6 Å². The standard InChI is InChI=1S/C25H30N4O3/c1-25(2)14-19(9-10-31-25)23-13-21(28-24(27)29(3)30)20-12-18(7-8-22(20)32-23)17-6-4-5-16(11-17)15-26/h4-8,11-12,19,21,23,30H,9-10,13-14H2,1-3H3,(H2,27,28). The summed E-state index contributed by atoms with van der Waals surface area (Å²) >= 11 is 0. The summed E-state index contributed by atoms with van der Waals surface area (Å²) in [6.07, 6.45) is 2.51. The SMILES string of the molecule is CN(O)C(N)=NC1CC(C2CCOC(C)(C)C2)Oc2ccc(-c3cccc(C#N)c3)cc21. The Hall–Kier alpha value is -3.08. The van der Waals surface area contributed by atoms with Gasteiger partial charge in [-0.1, -0.05) is 18.2 Å². The molecule has 0 amide bonds. The number of hydrogen-bond donors (Lipinski definition) is 2. The molecule has 3 N–H and O–H groups in total. The van der Waals surface area contributed by atoms with Gasteiger partial charge >= 0.3 is 0 Å². The molecule has 0 bridgehead atoms. The van der Waals surface area contributed by atoms with Crippen LogP contribution in [0.25, 0.3) is 11.1 Å². The van der Waals surface area contributed by atoms with Gasteiger partial charge in [0.1, 0.15) is 11.9 Å². The predicted octanol–water partition coefficient (Wildman–Crippen LogP) is 4.26. The van der Waals surface area contributed by atoms with E-state index in [2.05, 4.69) is 31.0 Å². The normalized spacial score (nSPS) is 24.7. The zero-order valence-electron chi connectivity index (χ0n) is 18.8. The highest BCUT2D eigenvalue weighted by molar-refractivity contribution is 5.77. The molecule has 3 atom stereocenters. The molecule has 0 saturated carbocycles. The first-order valence-electron chi connectivity index (χ1n) is 11.0. The van der Waals surface area contributed by atoms with E-state index in [1.165, 1.54) is 7.05 Å². The summed E-state index contributed by atoms with van der Waals surface area (Å²) < 4.78 is 12.4. The minimum Gasteiger partial charge on any atom is -0.490 e. The summed E-state index contributed by atoms with van der Waals surface area (Å²) in [7, 11) is 1.46. The Morgan fingerprint density at radius 3 is 2.75 bits per heavy atom. The van der Waals surface area contributed by atoms with E-state index in [1.807, 2.05) is 30.3 Å². The van der Waals surface area contributed by atoms with Crippen molar-refractivity contribution in [2.45, 2.75) is 50.9 Å². The Balaban J connectivity index is 1.71. The maximum Gasteiger partial charge on any atom is 0.215 e. The quantitative estimate of drug-likeness (QED) is 0.425. The summed E-state index contributed by atoms with van der Waals surface area (Å²) in [5.41, 5.74) is 9.28. The molecular weight excluding hydrogens is 404 g/mol. The molecule has 32 heavy (non-hydrogen) atoms. The van der Waals surface area contributed by atoms with E-state index in [0.29, 0.717) is 24.5 Å². The molecule has 7 heteroatoms. The van der Waals surface area contributed by atoms with Crippen molar-refractivity contribution in [3.8, 4) is 22.9 Å². The van der Waals surface area contributed by atoms with Gasteiger partial charge in [0.05, 0.1) is 23.3 Å². The lowest BCUT2D eigenvalue weighted by Crippen LogP contribution is -2.42. The van der Waals surface area contributed by atoms with Crippen LogP contribution in [0.5, 0.6) is 5.75 Å². The van der Waals surface area contributed by atoms with Crippen LogP contribution in [-0.2, 0) is 4.74 Å². The van der Waals surface area contributed by atoms with Crippen LogP contribution in [0, 0.1) is 17.2 Å². The topological polar surface area (TPSA) is 104 Å². The van der Waals surface area contributed by atoms with E-state index in [0.717, 1.165) is 40.3 Å². The van der Waals surface area contributed by atoms with Crippen LogP contribution in [0.4, 0.5) is 0 Å². The third-order valence-corrected chi connectivity index (χ3v) is 6.31. The second kappa shape index (κ2) is 8.81. The van der Waals surface area contributed by atoms with Crippen molar-refractivity contribution in [1.82, 2.24) is 5.06 Å². The zero-order chi connectivity index (χ0) is 22.9. The largest absolute Gasteiger partial charge is 0.490 e. The van der Waals surface area contributed by atoms with Gasteiger partial charge in [-0.3, -0.25) is 5.21 Å². The zero-order valence-corrected chi connectivity index (χ0v) is 18.8. The van der Waals surface area contributed by atoms with Gasteiger partial charge in [-0.05, 0) is 62.1 Å². The fraction of sp³-hybridized carbons (Fsp3) is 0.440. The number of hydrogen-bond acceptors (Lipinski definition) is 5. The molecule has 0 spiro atoms. The highest BCUT2D eigenvalue weighted by Gasteiger charge is 2.39. The number of rotatable bonds is 3. The van der Waals surface area contributed by atoms with Crippen LogP contribution in [0.1, 0.15) is 50.3 Å². The number of hydroxylamine groups is 2. The van der Waals surface area contributed by atoms with Gasteiger partial charge in [-0.2, -0.15) is 5.26 Å². The Morgan fingerprint density at radius 2 is 2.03 bits per heavy atom. The first kappa shape index (κ1) is 22.1. The maximum absolute atomic E-state index is 9.77. The van der Waals surface area contributed by atoms with Gasteiger partial charge in [0.15, 0.2) is 0 Å². The molecule has 4 rings (SSSR count). The minimum atomic E-state index is -0.247. The maximum atomic E-state index is 9.77. The van der Waals surface area contributed by atoms with E-state index in [9.17, 15) is 10.5 Å². The highest BCUT2D eigenvalue weighted by atomic mass is 16.5. The minimum absolute atomic E-state index is 0.0102. The monoisotopic (exact) mass is 434 g/mol. The van der Waals surface area contributed by atoms with Crippen molar-refractivity contribution in [3.05, 3.63) is 53.6 Å². The number of aliphatic imine (C=N–C) groups is 1. The number of nitriles is 1. The third kappa shape index (κ3) is 4.72. The molecule has 0 aromatic heterocycles. The van der Waals surface area contributed by atoms with Crippen LogP contribution in [0.3, 0.4) is 0 Å². The fourth-order valence-electron chi connectivity index (χ4n) is 4.67. The van der Waals surface area contributed by atoms with Crippen LogP contribution < -0.4 is 10.5 Å². The average molecular weight is 435 g/mol. The van der Waals surface area contributed by atoms with Gasteiger partial charge in [0.25, 0.3) is 0 Å². The average Bonchev–Trinajstić information content (AvgIpc) is 2.78. The van der Waals surface area contributed by atoms with Gasteiger partial charge < -0.3 is 15.2 Å². The van der Waals surface area contributed by atoms with Gasteiger partial charge in [-0.15, -0.1) is 0 Å².